The smallest absolute Gasteiger partial charge is 0.316 e. The van der Waals surface area contributed by atoms with Crippen molar-refractivity contribution in [3.8, 4) is 0 Å². The molecule has 0 radical (unpaired) electrons. The topological polar surface area (TPSA) is 112 Å². The highest BCUT2D eigenvalue weighted by Crippen LogP contribution is 2.11. The third kappa shape index (κ3) is 24.4. The zero-order valence-electron chi connectivity index (χ0n) is 23.8. The molecule has 37 heavy (non-hydrogen) atoms. The molecule has 9 nitrogen and oxygen atoms in total. The monoisotopic (exact) mass is 531 g/mol. The lowest BCUT2D eigenvalue weighted by Gasteiger charge is -2.20. The van der Waals surface area contributed by atoms with E-state index >= 15 is 0 Å². The van der Waals surface area contributed by atoms with E-state index in [4.69, 9.17) is 18.9 Å². The average Bonchev–Trinajstić information content (AvgIpc) is 2.85. The van der Waals surface area contributed by atoms with Gasteiger partial charge >= 0.3 is 24.4 Å². The van der Waals surface area contributed by atoms with Gasteiger partial charge in [-0.1, -0.05) is 65.2 Å². The van der Waals surface area contributed by atoms with E-state index in [0.717, 1.165) is 51.5 Å². The molecule has 9 heteroatoms. The minimum absolute atomic E-state index is 0.00412. The molecular weight excluding hydrogens is 478 g/mol. The van der Waals surface area contributed by atoms with Crippen LogP contribution in [-0.4, -0.2) is 74.3 Å². The molecule has 0 aromatic rings. The Morgan fingerprint density at radius 2 is 1.24 bits per heavy atom. The van der Waals surface area contributed by atoms with Crippen molar-refractivity contribution in [2.75, 3.05) is 33.9 Å². The first-order valence-corrected chi connectivity index (χ1v) is 14.3. The summed E-state index contributed by atoms with van der Waals surface area (Å²) in [5.74, 6) is -0.933. The number of esters is 3. The largest absolute Gasteiger partial charge is 0.466 e. The Morgan fingerprint density at radius 3 is 1.86 bits per heavy atom. The molecule has 0 heterocycles. The fourth-order valence-corrected chi connectivity index (χ4v) is 3.62. The molecular formula is C28H53NO8. The number of aliphatic hydroxyl groups is 1. The molecule has 218 valence electrons. The quantitative estimate of drug-likeness (QED) is 0.0742. The van der Waals surface area contributed by atoms with Crippen LogP contribution >= 0.6 is 0 Å². The van der Waals surface area contributed by atoms with Crippen LogP contribution in [0.2, 0.25) is 0 Å². The molecule has 0 aliphatic carbocycles. The number of hydrogen-bond donors (Lipinski definition) is 1. The summed E-state index contributed by atoms with van der Waals surface area (Å²) >= 11 is 0. The SMILES string of the molecule is CCCCCCCC(=O)OCCCCCCCCC(=O)O[C@H](O)OC(CC)COC(=O)CCCN(C)C. The third-order valence-electron chi connectivity index (χ3n) is 5.94. The maximum atomic E-state index is 11.9. The standard InChI is InChI=1S/C28H53NO8/c1-5-7-8-11-14-18-25(30)34-22-16-13-10-9-12-15-19-27(32)37-28(33)36-24(6-2)23-35-26(31)20-17-21-29(3)4/h24,28,33H,5-23H2,1-4H3/t24?,28-/m1/s1. The second-order valence-electron chi connectivity index (χ2n) is 9.81. The molecule has 2 atom stereocenters. The van der Waals surface area contributed by atoms with Crippen LogP contribution in [0.3, 0.4) is 0 Å². The van der Waals surface area contributed by atoms with Gasteiger partial charge in [-0.05, 0) is 52.7 Å². The van der Waals surface area contributed by atoms with E-state index < -0.39 is 18.5 Å². The van der Waals surface area contributed by atoms with Crippen molar-refractivity contribution < 1.29 is 38.4 Å². The predicted octanol–water partition coefficient (Wildman–Crippen LogP) is 5.12. The fourth-order valence-electron chi connectivity index (χ4n) is 3.62. The lowest BCUT2D eigenvalue weighted by Crippen LogP contribution is -2.30. The minimum Gasteiger partial charge on any atom is -0.466 e. The van der Waals surface area contributed by atoms with Gasteiger partial charge in [-0.3, -0.25) is 14.4 Å². The van der Waals surface area contributed by atoms with Crippen molar-refractivity contribution in [2.24, 2.45) is 0 Å². The number of ether oxygens (including phenoxy) is 4. The van der Waals surface area contributed by atoms with Gasteiger partial charge in [-0.25, -0.2) is 0 Å². The van der Waals surface area contributed by atoms with Crippen LogP contribution in [0, 0.1) is 0 Å². The minimum atomic E-state index is -1.68. The van der Waals surface area contributed by atoms with Gasteiger partial charge in [0.1, 0.15) is 6.61 Å². The lowest BCUT2D eigenvalue weighted by atomic mass is 10.1. The van der Waals surface area contributed by atoms with Gasteiger partial charge in [0.05, 0.1) is 12.7 Å². The summed E-state index contributed by atoms with van der Waals surface area (Å²) in [5.41, 5.74) is 0. The molecule has 1 unspecified atom stereocenters. The number of carbonyl (C=O) groups excluding carboxylic acids is 3. The van der Waals surface area contributed by atoms with E-state index in [1.165, 1.54) is 19.3 Å². The first-order valence-electron chi connectivity index (χ1n) is 14.3. The van der Waals surface area contributed by atoms with Crippen LogP contribution in [0.5, 0.6) is 0 Å². The van der Waals surface area contributed by atoms with Crippen molar-refractivity contribution in [3.05, 3.63) is 0 Å². The Morgan fingerprint density at radius 1 is 0.703 bits per heavy atom. The first kappa shape index (κ1) is 35.3. The zero-order valence-corrected chi connectivity index (χ0v) is 23.8. The normalized spacial score (nSPS) is 12.8. The van der Waals surface area contributed by atoms with Crippen molar-refractivity contribution in [1.82, 2.24) is 4.90 Å². The van der Waals surface area contributed by atoms with E-state index in [2.05, 4.69) is 6.92 Å². The van der Waals surface area contributed by atoms with Gasteiger partial charge in [0.25, 0.3) is 0 Å². The summed E-state index contributed by atoms with van der Waals surface area (Å²) in [7, 11) is 3.88. The van der Waals surface area contributed by atoms with Crippen LogP contribution in [0.1, 0.15) is 117 Å². The van der Waals surface area contributed by atoms with Crippen LogP contribution in [0.25, 0.3) is 0 Å². The molecule has 0 fully saturated rings. The first-order chi connectivity index (χ1) is 17.8. The Kier molecular flexibility index (Phi) is 23.5. The molecule has 0 aliphatic heterocycles. The average molecular weight is 532 g/mol. The van der Waals surface area contributed by atoms with Crippen LogP contribution in [0.4, 0.5) is 0 Å². The van der Waals surface area contributed by atoms with E-state index in [-0.39, 0.29) is 25.0 Å². The van der Waals surface area contributed by atoms with Crippen LogP contribution in [-0.2, 0) is 33.3 Å². The predicted molar refractivity (Wildman–Crippen MR) is 143 cm³/mol. The number of nitrogens with zero attached hydrogens (tertiary/aromatic N) is 1. The van der Waals surface area contributed by atoms with Crippen molar-refractivity contribution in [2.45, 2.75) is 129 Å². The second kappa shape index (κ2) is 24.6. The summed E-state index contributed by atoms with van der Waals surface area (Å²) in [4.78, 5) is 37.4. The number of carbonyl (C=O) groups is 3. The Balaban J connectivity index is 3.70. The molecule has 1 N–H and O–H groups in total. The van der Waals surface area contributed by atoms with E-state index in [1.54, 1.807) is 0 Å². The summed E-state index contributed by atoms with van der Waals surface area (Å²) in [6.07, 6.45) is 12.7. The van der Waals surface area contributed by atoms with Gasteiger partial charge in [0, 0.05) is 19.3 Å². The summed E-state index contributed by atoms with van der Waals surface area (Å²) in [6.45, 7) is 3.61. The Hall–Kier alpha value is -1.71. The van der Waals surface area contributed by atoms with Gasteiger partial charge < -0.3 is 29.0 Å². The number of unbranched alkanes of at least 4 members (excludes halogenated alkanes) is 9. The summed E-state index contributed by atoms with van der Waals surface area (Å²) in [6, 6.07) is 0. The van der Waals surface area contributed by atoms with E-state index in [0.29, 0.717) is 38.7 Å². The Bertz CT molecular complexity index is 585. The highest BCUT2D eigenvalue weighted by Gasteiger charge is 2.18. The zero-order chi connectivity index (χ0) is 27.7. The molecule has 0 aliphatic rings. The summed E-state index contributed by atoms with van der Waals surface area (Å²) in [5, 5.41) is 9.89. The molecule has 0 saturated heterocycles. The molecule has 0 amide bonds. The maximum absolute atomic E-state index is 11.9. The number of hydrogen-bond acceptors (Lipinski definition) is 9. The van der Waals surface area contributed by atoms with Gasteiger partial charge in [-0.2, -0.15) is 0 Å². The van der Waals surface area contributed by atoms with Crippen molar-refractivity contribution in [3.63, 3.8) is 0 Å². The Labute approximate surface area is 224 Å². The van der Waals surface area contributed by atoms with Gasteiger partial charge in [-0.15, -0.1) is 0 Å². The van der Waals surface area contributed by atoms with Gasteiger partial charge in [0.15, 0.2) is 0 Å². The number of aliphatic hydroxyl groups excluding tert-OH is 1. The van der Waals surface area contributed by atoms with Crippen LogP contribution < -0.4 is 0 Å². The molecule has 0 aromatic heterocycles. The van der Waals surface area contributed by atoms with Gasteiger partial charge in [0.2, 0.25) is 0 Å². The molecule has 0 rings (SSSR count). The molecule has 0 aromatic carbocycles. The van der Waals surface area contributed by atoms with Crippen LogP contribution in [0.15, 0.2) is 0 Å². The number of rotatable bonds is 25. The molecule has 0 spiro atoms. The maximum Gasteiger partial charge on any atom is 0.316 e. The van der Waals surface area contributed by atoms with E-state index in [9.17, 15) is 19.5 Å². The highest BCUT2D eigenvalue weighted by molar-refractivity contribution is 5.70. The van der Waals surface area contributed by atoms with Crippen molar-refractivity contribution in [1.29, 1.82) is 0 Å². The molecule has 0 bridgehead atoms. The third-order valence-corrected chi connectivity index (χ3v) is 5.94. The highest BCUT2D eigenvalue weighted by atomic mass is 16.8. The van der Waals surface area contributed by atoms with E-state index in [1.807, 2.05) is 25.9 Å². The molecule has 0 saturated carbocycles. The summed E-state index contributed by atoms with van der Waals surface area (Å²) < 4.78 is 20.7. The second-order valence-corrected chi connectivity index (χ2v) is 9.81. The lowest BCUT2D eigenvalue weighted by molar-refractivity contribution is -0.274. The fraction of sp³-hybridized carbons (Fsp3) is 0.893. The van der Waals surface area contributed by atoms with Crippen molar-refractivity contribution >= 4 is 17.9 Å².